The van der Waals surface area contributed by atoms with E-state index in [1.165, 1.54) is 12.1 Å². The molecule has 0 aliphatic rings. The molecular weight excluding hydrogens is 274 g/mol. The SMILES string of the molecule is CN(C)c1ccc2nc(-c3ccc(F)cc3F)c(N)n2c1. The Morgan fingerprint density at radius 3 is 2.57 bits per heavy atom. The van der Waals surface area contributed by atoms with Gasteiger partial charge in [0.15, 0.2) is 0 Å². The van der Waals surface area contributed by atoms with Crippen LogP contribution in [0.1, 0.15) is 0 Å². The number of hydrogen-bond acceptors (Lipinski definition) is 3. The first kappa shape index (κ1) is 13.4. The van der Waals surface area contributed by atoms with Gasteiger partial charge in [-0.25, -0.2) is 13.8 Å². The van der Waals surface area contributed by atoms with Gasteiger partial charge in [0, 0.05) is 31.9 Å². The van der Waals surface area contributed by atoms with E-state index in [2.05, 4.69) is 4.98 Å². The van der Waals surface area contributed by atoms with Gasteiger partial charge in [-0.1, -0.05) is 0 Å². The number of nitrogen functional groups attached to an aromatic ring is 1. The Morgan fingerprint density at radius 1 is 1.14 bits per heavy atom. The molecule has 0 aliphatic carbocycles. The maximum absolute atomic E-state index is 13.9. The van der Waals surface area contributed by atoms with E-state index >= 15 is 0 Å². The van der Waals surface area contributed by atoms with Crippen LogP contribution in [0.5, 0.6) is 0 Å². The van der Waals surface area contributed by atoms with Crippen molar-refractivity contribution >= 4 is 17.2 Å². The van der Waals surface area contributed by atoms with Crippen LogP contribution in [0.25, 0.3) is 16.9 Å². The minimum Gasteiger partial charge on any atom is -0.383 e. The predicted molar refractivity (Wildman–Crippen MR) is 79.3 cm³/mol. The Kier molecular flexibility index (Phi) is 3.01. The van der Waals surface area contributed by atoms with Crippen LogP contribution in [-0.4, -0.2) is 23.5 Å². The Bertz CT molecular complexity index is 824. The van der Waals surface area contributed by atoms with Crippen LogP contribution in [0.3, 0.4) is 0 Å². The summed E-state index contributed by atoms with van der Waals surface area (Å²) in [6.07, 6.45) is 1.82. The number of anilines is 2. The van der Waals surface area contributed by atoms with E-state index in [-0.39, 0.29) is 5.56 Å². The predicted octanol–water partition coefficient (Wildman–Crippen LogP) is 2.93. The van der Waals surface area contributed by atoms with Crippen molar-refractivity contribution in [3.8, 4) is 11.3 Å². The second-order valence-corrected chi connectivity index (χ2v) is 4.98. The summed E-state index contributed by atoms with van der Waals surface area (Å²) in [6, 6.07) is 7.05. The minimum absolute atomic E-state index is 0.184. The molecule has 6 heteroatoms. The van der Waals surface area contributed by atoms with Crippen LogP contribution in [0.4, 0.5) is 20.3 Å². The maximum Gasteiger partial charge on any atom is 0.139 e. The van der Waals surface area contributed by atoms with Crippen LogP contribution in [-0.2, 0) is 0 Å². The zero-order chi connectivity index (χ0) is 15.1. The minimum atomic E-state index is -0.682. The van der Waals surface area contributed by atoms with E-state index in [9.17, 15) is 8.78 Å². The normalized spacial score (nSPS) is 11.0. The molecule has 0 saturated carbocycles. The molecule has 0 atom stereocenters. The molecule has 1 aromatic carbocycles. The summed E-state index contributed by atoms with van der Waals surface area (Å²) in [5, 5.41) is 0. The summed E-state index contributed by atoms with van der Waals surface area (Å²) < 4.78 is 28.6. The monoisotopic (exact) mass is 288 g/mol. The van der Waals surface area contributed by atoms with Gasteiger partial charge in [0.1, 0.15) is 28.8 Å². The molecule has 0 unspecified atom stereocenters. The molecule has 2 heterocycles. The van der Waals surface area contributed by atoms with Crippen LogP contribution in [0.15, 0.2) is 36.5 Å². The largest absolute Gasteiger partial charge is 0.383 e. The zero-order valence-electron chi connectivity index (χ0n) is 11.6. The van der Waals surface area contributed by atoms with Crippen molar-refractivity contribution in [3.05, 3.63) is 48.2 Å². The summed E-state index contributed by atoms with van der Waals surface area (Å²) in [7, 11) is 3.82. The van der Waals surface area contributed by atoms with E-state index in [1.54, 1.807) is 10.5 Å². The molecule has 0 amide bonds. The van der Waals surface area contributed by atoms with E-state index in [4.69, 9.17) is 5.73 Å². The van der Waals surface area contributed by atoms with Crippen molar-refractivity contribution in [1.29, 1.82) is 0 Å². The molecule has 0 radical (unpaired) electrons. The fourth-order valence-electron chi connectivity index (χ4n) is 2.20. The first-order valence-corrected chi connectivity index (χ1v) is 6.37. The highest BCUT2D eigenvalue weighted by atomic mass is 19.1. The van der Waals surface area contributed by atoms with Gasteiger partial charge in [-0.05, 0) is 24.3 Å². The third kappa shape index (κ3) is 2.18. The molecule has 21 heavy (non-hydrogen) atoms. The summed E-state index contributed by atoms with van der Waals surface area (Å²) >= 11 is 0. The topological polar surface area (TPSA) is 46.6 Å². The lowest BCUT2D eigenvalue weighted by atomic mass is 10.1. The highest BCUT2D eigenvalue weighted by molar-refractivity contribution is 5.76. The summed E-state index contributed by atoms with van der Waals surface area (Å²) in [5.41, 5.74) is 8.11. The molecule has 0 spiro atoms. The number of aromatic nitrogens is 2. The van der Waals surface area contributed by atoms with Crippen LogP contribution in [0, 0.1) is 11.6 Å². The Morgan fingerprint density at radius 2 is 1.90 bits per heavy atom. The number of imidazole rings is 1. The van der Waals surface area contributed by atoms with Crippen molar-refractivity contribution in [2.75, 3.05) is 24.7 Å². The van der Waals surface area contributed by atoms with Crippen molar-refractivity contribution in [2.24, 2.45) is 0 Å². The number of nitrogens with two attached hydrogens (primary N) is 1. The Balaban J connectivity index is 2.22. The molecule has 3 aromatic rings. The summed E-state index contributed by atoms with van der Waals surface area (Å²) in [5.74, 6) is -0.995. The molecule has 108 valence electrons. The van der Waals surface area contributed by atoms with Gasteiger partial charge in [-0.2, -0.15) is 0 Å². The second-order valence-electron chi connectivity index (χ2n) is 4.98. The van der Waals surface area contributed by atoms with Gasteiger partial charge in [0.25, 0.3) is 0 Å². The smallest absolute Gasteiger partial charge is 0.139 e. The number of benzene rings is 1. The van der Waals surface area contributed by atoms with Gasteiger partial charge < -0.3 is 10.6 Å². The number of fused-ring (bicyclic) bond motifs is 1. The Hall–Kier alpha value is -2.63. The number of pyridine rings is 1. The van der Waals surface area contributed by atoms with Gasteiger partial charge in [0.2, 0.25) is 0 Å². The standard InChI is InChI=1S/C15H14F2N4/c1-20(2)10-4-6-13-19-14(15(18)21(13)8-10)11-5-3-9(16)7-12(11)17/h3-8H,18H2,1-2H3. The lowest BCUT2D eigenvalue weighted by Crippen LogP contribution is -2.09. The third-order valence-electron chi connectivity index (χ3n) is 3.34. The fourth-order valence-corrected chi connectivity index (χ4v) is 2.20. The van der Waals surface area contributed by atoms with Crippen LogP contribution < -0.4 is 10.6 Å². The van der Waals surface area contributed by atoms with Gasteiger partial charge in [-0.3, -0.25) is 4.40 Å². The molecular formula is C15H14F2N4. The first-order chi connectivity index (χ1) is 9.97. The average Bonchev–Trinajstić information content (AvgIpc) is 2.75. The lowest BCUT2D eigenvalue weighted by molar-refractivity contribution is 0.585. The van der Waals surface area contributed by atoms with Crippen molar-refractivity contribution in [2.45, 2.75) is 0 Å². The van der Waals surface area contributed by atoms with Gasteiger partial charge >= 0.3 is 0 Å². The van der Waals surface area contributed by atoms with E-state index < -0.39 is 11.6 Å². The lowest BCUT2D eigenvalue weighted by Gasteiger charge is -2.12. The maximum atomic E-state index is 13.9. The average molecular weight is 288 g/mol. The number of rotatable bonds is 2. The summed E-state index contributed by atoms with van der Waals surface area (Å²) in [4.78, 5) is 6.26. The highest BCUT2D eigenvalue weighted by Gasteiger charge is 2.16. The number of halogens is 2. The first-order valence-electron chi connectivity index (χ1n) is 6.37. The molecule has 0 saturated heterocycles. The van der Waals surface area contributed by atoms with Crippen molar-refractivity contribution < 1.29 is 8.78 Å². The van der Waals surface area contributed by atoms with Crippen LogP contribution in [0.2, 0.25) is 0 Å². The molecule has 0 bridgehead atoms. The van der Waals surface area contributed by atoms with E-state index in [1.807, 2.05) is 31.3 Å². The number of hydrogen-bond donors (Lipinski definition) is 1. The molecule has 2 aromatic heterocycles. The zero-order valence-corrected chi connectivity index (χ0v) is 11.6. The van der Waals surface area contributed by atoms with E-state index in [0.29, 0.717) is 17.2 Å². The molecule has 0 aliphatic heterocycles. The molecule has 3 rings (SSSR count). The second kappa shape index (κ2) is 4.73. The highest BCUT2D eigenvalue weighted by Crippen LogP contribution is 2.30. The van der Waals surface area contributed by atoms with Gasteiger partial charge in [0.05, 0.1) is 5.69 Å². The summed E-state index contributed by atoms with van der Waals surface area (Å²) in [6.45, 7) is 0. The quantitative estimate of drug-likeness (QED) is 0.788. The van der Waals surface area contributed by atoms with Crippen molar-refractivity contribution in [3.63, 3.8) is 0 Å². The molecule has 2 N–H and O–H groups in total. The Labute approximate surface area is 120 Å². The fraction of sp³-hybridized carbons (Fsp3) is 0.133. The van der Waals surface area contributed by atoms with Crippen molar-refractivity contribution in [1.82, 2.24) is 9.38 Å². The van der Waals surface area contributed by atoms with Crippen LogP contribution >= 0.6 is 0 Å². The number of nitrogens with zero attached hydrogens (tertiary/aromatic N) is 3. The van der Waals surface area contributed by atoms with E-state index in [0.717, 1.165) is 11.8 Å². The molecule has 4 nitrogen and oxygen atoms in total. The molecule has 0 fully saturated rings. The van der Waals surface area contributed by atoms with Gasteiger partial charge in [-0.15, -0.1) is 0 Å². The third-order valence-corrected chi connectivity index (χ3v) is 3.34.